The first-order valence-electron chi connectivity index (χ1n) is 7.83. The number of hydrogen-bond acceptors (Lipinski definition) is 2. The van der Waals surface area contributed by atoms with E-state index in [0.29, 0.717) is 12.0 Å². The molecule has 2 aliphatic rings. The van der Waals surface area contributed by atoms with E-state index in [9.17, 15) is 0 Å². The maximum Gasteiger partial charge on any atom is 0.0244 e. The molecule has 1 aromatic carbocycles. The average molecular weight is 258 g/mol. The average Bonchev–Trinajstić information content (AvgIpc) is 3.28. The summed E-state index contributed by atoms with van der Waals surface area (Å²) in [6.45, 7) is 2.37. The lowest BCUT2D eigenvalue weighted by Gasteiger charge is -2.31. The van der Waals surface area contributed by atoms with Gasteiger partial charge in [-0.25, -0.2) is 0 Å². The predicted molar refractivity (Wildman–Crippen MR) is 79.7 cm³/mol. The molecule has 19 heavy (non-hydrogen) atoms. The van der Waals surface area contributed by atoms with Crippen LogP contribution in [0.4, 0.5) is 0 Å². The summed E-state index contributed by atoms with van der Waals surface area (Å²) >= 11 is 0. The van der Waals surface area contributed by atoms with Crippen molar-refractivity contribution in [2.45, 2.75) is 57.4 Å². The zero-order valence-corrected chi connectivity index (χ0v) is 11.9. The molecule has 0 aliphatic heterocycles. The van der Waals surface area contributed by atoms with Crippen LogP contribution in [-0.2, 0) is 6.42 Å². The van der Waals surface area contributed by atoms with Crippen LogP contribution in [-0.4, -0.2) is 6.04 Å². The van der Waals surface area contributed by atoms with Crippen LogP contribution in [0.2, 0.25) is 0 Å². The molecule has 104 valence electrons. The zero-order chi connectivity index (χ0) is 13.2. The van der Waals surface area contributed by atoms with E-state index >= 15 is 0 Å². The topological polar surface area (TPSA) is 38.0 Å². The van der Waals surface area contributed by atoms with Gasteiger partial charge in [-0.1, -0.05) is 31.2 Å². The van der Waals surface area contributed by atoms with Crippen molar-refractivity contribution < 1.29 is 0 Å². The van der Waals surface area contributed by atoms with Gasteiger partial charge in [-0.3, -0.25) is 11.3 Å². The van der Waals surface area contributed by atoms with Crippen molar-refractivity contribution in [3.63, 3.8) is 0 Å². The van der Waals surface area contributed by atoms with E-state index in [-0.39, 0.29) is 0 Å². The van der Waals surface area contributed by atoms with E-state index in [0.717, 1.165) is 11.8 Å². The van der Waals surface area contributed by atoms with Crippen molar-refractivity contribution in [2.75, 3.05) is 0 Å². The number of benzene rings is 1. The molecule has 0 saturated heterocycles. The molecule has 1 aromatic rings. The Hall–Kier alpha value is -0.860. The molecule has 2 nitrogen and oxygen atoms in total. The number of nitrogens with two attached hydrogens (primary N) is 1. The van der Waals surface area contributed by atoms with Gasteiger partial charge in [-0.2, -0.15) is 0 Å². The van der Waals surface area contributed by atoms with Crippen LogP contribution >= 0.6 is 0 Å². The molecule has 1 fully saturated rings. The minimum absolute atomic E-state index is 0.476. The van der Waals surface area contributed by atoms with Crippen LogP contribution < -0.4 is 11.3 Å². The molecule has 0 amide bonds. The summed E-state index contributed by atoms with van der Waals surface area (Å²) in [7, 11) is 0. The second-order valence-corrected chi connectivity index (χ2v) is 6.49. The molecule has 1 saturated carbocycles. The van der Waals surface area contributed by atoms with Crippen LogP contribution in [0.15, 0.2) is 24.3 Å². The Labute approximate surface area is 116 Å². The number of aryl methyl sites for hydroxylation is 1. The highest BCUT2D eigenvalue weighted by molar-refractivity contribution is 5.32. The van der Waals surface area contributed by atoms with Crippen LogP contribution in [0.25, 0.3) is 0 Å². The molecule has 0 heterocycles. The molecule has 3 unspecified atom stereocenters. The fourth-order valence-corrected chi connectivity index (χ4v) is 3.79. The summed E-state index contributed by atoms with van der Waals surface area (Å²) < 4.78 is 0. The first-order valence-corrected chi connectivity index (χ1v) is 7.83. The molecule has 0 spiro atoms. The lowest BCUT2D eigenvalue weighted by Crippen LogP contribution is -2.42. The normalized spacial score (nSPS) is 25.7. The third kappa shape index (κ3) is 2.85. The first-order chi connectivity index (χ1) is 9.29. The molecule has 0 radical (unpaired) electrons. The summed E-state index contributed by atoms with van der Waals surface area (Å²) in [5.74, 6) is 8.17. The van der Waals surface area contributed by atoms with E-state index in [1.807, 2.05) is 0 Å². The number of rotatable bonds is 5. The van der Waals surface area contributed by atoms with Gasteiger partial charge in [0.1, 0.15) is 0 Å². The monoisotopic (exact) mass is 258 g/mol. The molecule has 2 aliphatic carbocycles. The Morgan fingerprint density at radius 3 is 2.79 bits per heavy atom. The smallest absolute Gasteiger partial charge is 0.0244 e. The summed E-state index contributed by atoms with van der Waals surface area (Å²) in [4.78, 5) is 0. The van der Waals surface area contributed by atoms with E-state index in [1.165, 1.54) is 38.5 Å². The van der Waals surface area contributed by atoms with Gasteiger partial charge in [0.25, 0.3) is 0 Å². The van der Waals surface area contributed by atoms with Crippen LogP contribution in [0.1, 0.15) is 56.1 Å². The van der Waals surface area contributed by atoms with E-state index in [1.54, 1.807) is 11.1 Å². The number of hydrogen-bond donors (Lipinski definition) is 2. The molecule has 0 aromatic heterocycles. The number of hydrazine groups is 1. The number of fused-ring (bicyclic) bond motifs is 1. The minimum Gasteiger partial charge on any atom is -0.271 e. The van der Waals surface area contributed by atoms with E-state index < -0.39 is 0 Å². The second kappa shape index (κ2) is 5.64. The molecule has 3 atom stereocenters. The van der Waals surface area contributed by atoms with E-state index in [4.69, 9.17) is 5.84 Å². The molecule has 0 bridgehead atoms. The predicted octanol–water partition coefficient (Wildman–Crippen LogP) is 3.37. The van der Waals surface area contributed by atoms with E-state index in [2.05, 4.69) is 36.6 Å². The highest BCUT2D eigenvalue weighted by Gasteiger charge is 2.34. The standard InChI is InChI=1S/C17H26N2/c1-12(13-9-10-13)17(19-18)11-15-7-4-6-14-5-2-3-8-16(14)15/h2-3,5,8,12-13,15,17,19H,4,6-7,9-11,18H2,1H3. The quantitative estimate of drug-likeness (QED) is 0.627. The molecule has 3 rings (SSSR count). The van der Waals surface area contributed by atoms with Gasteiger partial charge in [0, 0.05) is 6.04 Å². The van der Waals surface area contributed by atoms with Gasteiger partial charge in [0.2, 0.25) is 0 Å². The third-order valence-electron chi connectivity index (χ3n) is 5.25. The lowest BCUT2D eigenvalue weighted by atomic mass is 9.77. The van der Waals surface area contributed by atoms with Crippen LogP contribution in [0.3, 0.4) is 0 Å². The SMILES string of the molecule is CC(C1CC1)C(CC1CCCc2ccccc21)NN. The summed E-state index contributed by atoms with van der Waals surface area (Å²) in [5, 5.41) is 0. The van der Waals surface area contributed by atoms with Gasteiger partial charge in [0.15, 0.2) is 0 Å². The molecule has 2 heteroatoms. The Balaban J connectivity index is 1.72. The highest BCUT2D eigenvalue weighted by atomic mass is 15.2. The second-order valence-electron chi connectivity index (χ2n) is 6.49. The number of nitrogens with one attached hydrogen (secondary N) is 1. The molecular weight excluding hydrogens is 232 g/mol. The largest absolute Gasteiger partial charge is 0.271 e. The third-order valence-corrected chi connectivity index (χ3v) is 5.25. The van der Waals surface area contributed by atoms with Crippen LogP contribution in [0.5, 0.6) is 0 Å². The Kier molecular flexibility index (Phi) is 3.90. The van der Waals surface area contributed by atoms with Crippen molar-refractivity contribution in [1.29, 1.82) is 0 Å². The zero-order valence-electron chi connectivity index (χ0n) is 11.9. The minimum atomic E-state index is 0.476. The van der Waals surface area contributed by atoms with Crippen molar-refractivity contribution in [3.05, 3.63) is 35.4 Å². The van der Waals surface area contributed by atoms with Crippen molar-refractivity contribution >= 4 is 0 Å². The van der Waals surface area contributed by atoms with Gasteiger partial charge in [0.05, 0.1) is 0 Å². The van der Waals surface area contributed by atoms with Gasteiger partial charge >= 0.3 is 0 Å². The maximum atomic E-state index is 5.83. The first kappa shape index (κ1) is 13.1. The lowest BCUT2D eigenvalue weighted by molar-refractivity contribution is 0.301. The Bertz CT molecular complexity index is 425. The molecule has 3 N–H and O–H groups in total. The summed E-state index contributed by atoms with van der Waals surface area (Å²) in [6.07, 6.45) is 7.92. The van der Waals surface area contributed by atoms with Crippen molar-refractivity contribution in [2.24, 2.45) is 17.7 Å². The summed E-state index contributed by atoms with van der Waals surface area (Å²) in [5.41, 5.74) is 6.25. The Morgan fingerprint density at radius 2 is 2.05 bits per heavy atom. The fourth-order valence-electron chi connectivity index (χ4n) is 3.79. The summed E-state index contributed by atoms with van der Waals surface area (Å²) in [6, 6.07) is 9.47. The Morgan fingerprint density at radius 1 is 1.26 bits per heavy atom. The van der Waals surface area contributed by atoms with Gasteiger partial charge in [-0.05, 0) is 67.4 Å². The van der Waals surface area contributed by atoms with Crippen molar-refractivity contribution in [3.8, 4) is 0 Å². The molecular formula is C17H26N2. The fraction of sp³-hybridized carbons (Fsp3) is 0.647. The maximum absolute atomic E-state index is 5.83. The van der Waals surface area contributed by atoms with Crippen molar-refractivity contribution in [1.82, 2.24) is 5.43 Å². The van der Waals surface area contributed by atoms with Gasteiger partial charge in [-0.15, -0.1) is 0 Å². The highest BCUT2D eigenvalue weighted by Crippen LogP contribution is 2.41. The van der Waals surface area contributed by atoms with Crippen LogP contribution in [0, 0.1) is 11.8 Å². The van der Waals surface area contributed by atoms with Gasteiger partial charge < -0.3 is 0 Å².